The number of aliphatic hydroxyl groups excluding tert-OH is 1. The van der Waals surface area contributed by atoms with Gasteiger partial charge in [0.1, 0.15) is 67.2 Å². The van der Waals surface area contributed by atoms with Gasteiger partial charge in [-0.2, -0.15) is 0 Å². The third-order valence-corrected chi connectivity index (χ3v) is 23.0. The van der Waals surface area contributed by atoms with Crippen molar-refractivity contribution in [2.24, 2.45) is 35.5 Å². The minimum absolute atomic E-state index is 0.0515. The maximum atomic E-state index is 14.1. The van der Waals surface area contributed by atoms with E-state index in [1.54, 1.807) is 20.8 Å². The van der Waals surface area contributed by atoms with E-state index in [1.807, 2.05) is 144 Å². The summed E-state index contributed by atoms with van der Waals surface area (Å²) in [4.78, 5) is 124. The molecule has 2 aromatic rings. The average molecular weight is 1360 g/mol. The van der Waals surface area contributed by atoms with Gasteiger partial charge in [-0.25, -0.2) is 14.4 Å². The first-order valence-electron chi connectivity index (χ1n) is 35.1. The van der Waals surface area contributed by atoms with E-state index < -0.39 is 110 Å². The van der Waals surface area contributed by atoms with Crippen LogP contribution in [0.2, 0.25) is 18.1 Å². The highest BCUT2D eigenvalue weighted by Crippen LogP contribution is 2.39. The van der Waals surface area contributed by atoms with Crippen molar-refractivity contribution in [1.29, 1.82) is 0 Å². The summed E-state index contributed by atoms with van der Waals surface area (Å²) in [5, 5.41) is 24.8. The molecule has 2 aromatic carbocycles. The number of likely N-dealkylation sites (tertiary alicyclic amines) is 2. The van der Waals surface area contributed by atoms with E-state index >= 15 is 0 Å². The number of benzene rings is 2. The molecule has 2 fully saturated rings. The lowest BCUT2D eigenvalue weighted by Crippen LogP contribution is -2.69. The van der Waals surface area contributed by atoms with E-state index in [0.29, 0.717) is 58.0 Å². The Bertz CT molecular complexity index is 2790. The molecule has 2 heterocycles. The number of amides is 7. The highest BCUT2D eigenvalue weighted by molar-refractivity contribution is 6.74. The van der Waals surface area contributed by atoms with Crippen molar-refractivity contribution in [2.75, 3.05) is 13.1 Å². The Balaban J connectivity index is 0.000000522. The number of rotatable bonds is 33. The molecule has 0 unspecified atom stereocenters. The van der Waals surface area contributed by atoms with Crippen molar-refractivity contribution < 1.29 is 72.6 Å². The second-order valence-electron chi connectivity index (χ2n) is 30.5. The number of hydrogen-bond acceptors (Lipinski definition) is 14. The average Bonchev–Trinajstić information content (AvgIpc) is 1.43. The second kappa shape index (κ2) is 39.2. The number of nitrogens with zero attached hydrogens (tertiary/aromatic N) is 2. The topological polar surface area (TPSA) is 305 Å². The van der Waals surface area contributed by atoms with E-state index in [9.17, 15) is 48.3 Å². The van der Waals surface area contributed by atoms with Crippen LogP contribution in [-0.2, 0) is 70.2 Å². The van der Waals surface area contributed by atoms with Crippen LogP contribution in [-0.4, -0.2) is 156 Å². The van der Waals surface area contributed by atoms with Gasteiger partial charge >= 0.3 is 18.0 Å². The minimum Gasteiger partial charge on any atom is -0.459 e. The van der Waals surface area contributed by atoms with Gasteiger partial charge in [0.15, 0.2) is 8.32 Å². The van der Waals surface area contributed by atoms with Gasteiger partial charge in [0.05, 0.1) is 25.0 Å². The van der Waals surface area contributed by atoms with Crippen molar-refractivity contribution in [1.82, 2.24) is 36.4 Å². The lowest BCUT2D eigenvalue weighted by atomic mass is 9.92. The molecule has 542 valence electrons. The molecule has 23 heteroatoms. The normalized spacial score (nSPS) is 18.3. The maximum Gasteiger partial charge on any atom is 0.407 e. The third kappa shape index (κ3) is 27.5. The molecular formula is C73H123N8O14Si+. The number of aliphatic hydroxyl groups is 1. The van der Waals surface area contributed by atoms with Gasteiger partial charge in [0.2, 0.25) is 35.4 Å². The molecule has 12 atom stereocenters. The summed E-state index contributed by atoms with van der Waals surface area (Å²) in [6.07, 6.45) is 2.06. The summed E-state index contributed by atoms with van der Waals surface area (Å²) in [5.41, 5.74) is 4.99. The first-order valence-corrected chi connectivity index (χ1v) is 38.0. The molecule has 9 N–H and O–H groups in total. The smallest absolute Gasteiger partial charge is 0.407 e. The van der Waals surface area contributed by atoms with Gasteiger partial charge in [-0.05, 0) is 125 Å². The number of carbonyl (C=O) groups excluding carboxylic acids is 9. The number of hydrogen-bond donors (Lipinski definition) is 7. The predicted molar refractivity (Wildman–Crippen MR) is 374 cm³/mol. The molecule has 2 saturated heterocycles. The zero-order valence-electron chi connectivity index (χ0n) is 61.8. The molecule has 22 nitrogen and oxygen atoms in total. The third-order valence-electron chi connectivity index (χ3n) is 18.5. The van der Waals surface area contributed by atoms with Crippen LogP contribution in [0.5, 0.6) is 0 Å². The van der Waals surface area contributed by atoms with Gasteiger partial charge in [-0.15, -0.1) is 0 Å². The highest BCUT2D eigenvalue weighted by atomic mass is 28.4. The number of ether oxygens (including phenoxy) is 3. The monoisotopic (exact) mass is 1360 g/mol. The van der Waals surface area contributed by atoms with Crippen molar-refractivity contribution in [3.05, 3.63) is 71.8 Å². The van der Waals surface area contributed by atoms with Gasteiger partial charge in [-0.3, -0.25) is 28.8 Å². The summed E-state index contributed by atoms with van der Waals surface area (Å²) in [5.74, 6) is -3.78. The molecule has 0 spiro atoms. The number of esters is 2. The minimum atomic E-state index is -2.46. The van der Waals surface area contributed by atoms with Crippen LogP contribution >= 0.6 is 0 Å². The summed E-state index contributed by atoms with van der Waals surface area (Å²) in [6, 6.07) is 12.8. The molecular weight excluding hydrogens is 1240 g/mol. The molecule has 4 rings (SSSR count). The van der Waals surface area contributed by atoms with E-state index in [-0.39, 0.29) is 84.5 Å². The van der Waals surface area contributed by atoms with Crippen molar-refractivity contribution in [3.8, 4) is 0 Å². The zero-order valence-corrected chi connectivity index (χ0v) is 62.8. The Kier molecular flexibility index (Phi) is 34.2. The molecule has 0 bridgehead atoms. The number of alkyl carbamates (subject to hydrolysis) is 1. The largest absolute Gasteiger partial charge is 0.459 e. The van der Waals surface area contributed by atoms with Gasteiger partial charge in [0.25, 0.3) is 0 Å². The van der Waals surface area contributed by atoms with Crippen LogP contribution < -0.4 is 32.3 Å². The lowest BCUT2D eigenvalue weighted by Gasteiger charge is -2.42. The summed E-state index contributed by atoms with van der Waals surface area (Å²) >= 11 is 0. The Hall–Kier alpha value is -6.43. The molecule has 96 heavy (non-hydrogen) atoms. The van der Waals surface area contributed by atoms with Crippen LogP contribution in [0.15, 0.2) is 60.7 Å². The summed E-state index contributed by atoms with van der Waals surface area (Å²) < 4.78 is 23.6. The maximum absolute atomic E-state index is 14.1. The lowest BCUT2D eigenvalue weighted by molar-refractivity contribution is -0.449. The molecule has 0 saturated carbocycles. The van der Waals surface area contributed by atoms with Crippen molar-refractivity contribution in [2.45, 2.75) is 286 Å². The fourth-order valence-corrected chi connectivity index (χ4v) is 12.7. The standard InChI is InChI=1S/C42H72N4O8Si.C31H50N4O6/c1-15-29(6)36(45-40(51)53-41(7,8)9)33(54-55(13,14)42(10,11)12)25-34(47)44-35(28(4)5)37(48)43-31(24-27(2)3)38(49)46-23-19-22-32(46)39(50)52-26-30-20-17-16-18-21-30;1-7-21(6)27(32)25(36)17-26(37)34-28(20(4)5)29(38)33-23(16-19(2)3)30(39)35-15-11-14-24(35)31(40)41-18-22-12-9-8-10-13-22/h16-18,20-21,27-29,31-33,35-36H,15,19,22-26H2,1-14H3,(H,43,48)(H,44,47)(H,45,51);8-10,12-13,19-21,23-25,27-28,36H,7,11,14-18,32H2,1-6H3,(H,33,38)(H,34,37)/p+1/t29-,31-,32-,33-,35-,36+;21-,23-,24-,25-,27+,28-/m00/s1. The summed E-state index contributed by atoms with van der Waals surface area (Å²) in [7, 11) is -2.46. The number of quaternary nitrogens is 1. The molecule has 7 amide bonds. The number of nitrogens with one attached hydrogen (secondary N) is 5. The molecule has 2 aliphatic heterocycles. The Morgan fingerprint density at radius 3 is 1.33 bits per heavy atom. The first kappa shape index (κ1) is 83.8. The van der Waals surface area contributed by atoms with Gasteiger partial charge in [0, 0.05) is 19.0 Å². The Morgan fingerprint density at radius 2 is 0.979 bits per heavy atom. The van der Waals surface area contributed by atoms with Crippen LogP contribution in [0.1, 0.15) is 200 Å². The van der Waals surface area contributed by atoms with Crippen molar-refractivity contribution >= 4 is 61.8 Å². The van der Waals surface area contributed by atoms with E-state index in [1.165, 1.54) is 9.80 Å². The zero-order chi connectivity index (χ0) is 72.6. The van der Waals surface area contributed by atoms with Crippen LogP contribution in [0, 0.1) is 35.5 Å². The quantitative estimate of drug-likeness (QED) is 0.0199. The Morgan fingerprint density at radius 1 is 0.583 bits per heavy atom. The molecule has 0 aliphatic carbocycles. The van der Waals surface area contributed by atoms with Crippen LogP contribution in [0.3, 0.4) is 0 Å². The molecule has 2 aliphatic rings. The Labute approximate surface area is 575 Å². The molecule has 0 radical (unpaired) electrons. The van der Waals surface area contributed by atoms with E-state index in [2.05, 4.69) is 66.2 Å². The number of carbonyl (C=O) groups is 9. The summed E-state index contributed by atoms with van der Waals surface area (Å²) in [6.45, 7) is 40.1. The fraction of sp³-hybridized carbons (Fsp3) is 0.712. The fourth-order valence-electron chi connectivity index (χ4n) is 11.3. The van der Waals surface area contributed by atoms with Gasteiger partial charge < -0.3 is 65.9 Å². The van der Waals surface area contributed by atoms with E-state index in [0.717, 1.165) is 17.5 Å². The SMILES string of the molecule is CC[C@H](C)[C@@H](NC(=O)OC(C)(C)C)[C@H](CC(=O)N[C@H](C(=O)N[C@@H](CC(C)C)C(=O)N1CCC[C@H]1C(=O)OCc1ccccc1)C(C)C)O[Si](C)(C)C(C)(C)C.CC[C@H](C)[C@@H]([NH3+])[C@@H](O)CC(=O)N[C@H](C(=O)N[C@@H](CC(C)C)C(=O)N1CCC[C@H]1C(=O)OCc1ccccc1)C(C)C. The van der Waals surface area contributed by atoms with E-state index in [4.69, 9.17) is 18.6 Å². The first-order chi connectivity index (χ1) is 44.7. The van der Waals surface area contributed by atoms with Crippen molar-refractivity contribution in [3.63, 3.8) is 0 Å². The molecule has 0 aromatic heterocycles. The van der Waals surface area contributed by atoms with Crippen LogP contribution in [0.25, 0.3) is 0 Å². The van der Waals surface area contributed by atoms with Crippen LogP contribution in [0.4, 0.5) is 4.79 Å². The predicted octanol–water partition coefficient (Wildman–Crippen LogP) is 8.91. The highest BCUT2D eigenvalue weighted by Gasteiger charge is 2.45. The second-order valence-corrected chi connectivity index (χ2v) is 35.3. The van der Waals surface area contributed by atoms with Gasteiger partial charge in [-0.1, -0.05) is 171 Å².